The van der Waals surface area contributed by atoms with Crippen LogP contribution in [0.2, 0.25) is 0 Å². The van der Waals surface area contributed by atoms with E-state index in [1.165, 1.54) is 12.2 Å². The van der Waals surface area contributed by atoms with Gasteiger partial charge in [-0.25, -0.2) is 4.79 Å². The molecule has 0 fully saturated rings. The van der Waals surface area contributed by atoms with Gasteiger partial charge in [0.15, 0.2) is 5.78 Å². The number of methoxy groups -OCH3 is 1. The molecule has 0 bridgehead atoms. The molecule has 1 heterocycles. The Kier molecular flexibility index (Phi) is 5.15. The lowest BCUT2D eigenvalue weighted by Gasteiger charge is -2.00. The van der Waals surface area contributed by atoms with Gasteiger partial charge in [-0.1, -0.05) is 12.1 Å². The molecule has 118 valence electrons. The topological polar surface area (TPSA) is 68.5 Å². The number of benzene rings is 1. The van der Waals surface area contributed by atoms with E-state index in [4.69, 9.17) is 9.84 Å². The number of nitrogens with zero attached hydrogens (tertiary/aromatic N) is 1. The first-order chi connectivity index (χ1) is 11.0. The van der Waals surface area contributed by atoms with Crippen molar-refractivity contribution in [2.75, 3.05) is 7.11 Å². The lowest BCUT2D eigenvalue weighted by Crippen LogP contribution is -1.94. The van der Waals surface area contributed by atoms with E-state index in [1.807, 2.05) is 13.2 Å². The van der Waals surface area contributed by atoms with E-state index < -0.39 is 5.97 Å². The van der Waals surface area contributed by atoms with Crippen molar-refractivity contribution in [3.8, 4) is 5.75 Å². The second-order valence-corrected chi connectivity index (χ2v) is 4.91. The Morgan fingerprint density at radius 1 is 1.17 bits per heavy atom. The maximum atomic E-state index is 12.2. The maximum absolute atomic E-state index is 12.2. The van der Waals surface area contributed by atoms with Crippen LogP contribution in [0.1, 0.15) is 21.6 Å². The molecule has 0 saturated carbocycles. The van der Waals surface area contributed by atoms with Crippen molar-refractivity contribution in [1.82, 2.24) is 4.57 Å². The molecule has 0 unspecified atom stereocenters. The summed E-state index contributed by atoms with van der Waals surface area (Å²) in [4.78, 5) is 22.7. The van der Waals surface area contributed by atoms with E-state index >= 15 is 0 Å². The quantitative estimate of drug-likeness (QED) is 0.657. The second kappa shape index (κ2) is 7.26. The first-order valence-electron chi connectivity index (χ1n) is 6.93. The van der Waals surface area contributed by atoms with Crippen LogP contribution in [0, 0.1) is 0 Å². The summed E-state index contributed by atoms with van der Waals surface area (Å²) in [5.74, 6) is -0.503. The fraction of sp³-hybridized carbons (Fsp3) is 0.111. The number of allylic oxidation sites excluding steroid dienone is 1. The molecule has 0 aliphatic heterocycles. The number of ether oxygens (including phenoxy) is 1. The molecule has 0 radical (unpaired) electrons. The molecule has 1 aromatic heterocycles. The van der Waals surface area contributed by atoms with Crippen LogP contribution in [-0.2, 0) is 11.8 Å². The van der Waals surface area contributed by atoms with Crippen molar-refractivity contribution < 1.29 is 19.4 Å². The molecule has 5 nitrogen and oxygen atoms in total. The lowest BCUT2D eigenvalue weighted by molar-refractivity contribution is -0.131. The molecule has 0 aliphatic rings. The summed E-state index contributed by atoms with van der Waals surface area (Å²) >= 11 is 0. The fourth-order valence-electron chi connectivity index (χ4n) is 2.07. The number of rotatable bonds is 6. The van der Waals surface area contributed by atoms with Crippen molar-refractivity contribution in [3.05, 3.63) is 65.5 Å². The summed E-state index contributed by atoms with van der Waals surface area (Å²) in [6.07, 6.45) is 7.57. The summed E-state index contributed by atoms with van der Waals surface area (Å²) < 4.78 is 6.88. The van der Waals surface area contributed by atoms with Gasteiger partial charge in [-0.3, -0.25) is 4.79 Å². The Labute approximate surface area is 134 Å². The SMILES string of the molecule is COc1cccc(C(=O)/C=C/c2cc(/C=C/C(=O)O)n(C)c2)c1. The average molecular weight is 311 g/mol. The number of hydrogen-bond acceptors (Lipinski definition) is 3. The third-order valence-corrected chi connectivity index (χ3v) is 3.24. The number of carbonyl (C=O) groups excluding carboxylic acids is 1. The molecule has 2 rings (SSSR count). The molecule has 0 spiro atoms. The van der Waals surface area contributed by atoms with Gasteiger partial charge in [0, 0.05) is 30.6 Å². The minimum absolute atomic E-state index is 0.129. The van der Waals surface area contributed by atoms with Crippen molar-refractivity contribution >= 4 is 23.9 Å². The van der Waals surface area contributed by atoms with Crippen LogP contribution in [-0.4, -0.2) is 28.5 Å². The van der Waals surface area contributed by atoms with Crippen molar-refractivity contribution in [2.24, 2.45) is 7.05 Å². The number of ketones is 1. The predicted octanol–water partition coefficient (Wildman–Crippen LogP) is 3.03. The third kappa shape index (κ3) is 4.44. The number of hydrogen-bond donors (Lipinski definition) is 1. The third-order valence-electron chi connectivity index (χ3n) is 3.24. The standard InChI is InChI=1S/C18H17NO4/c1-19-12-13(10-15(19)7-9-18(21)22)6-8-17(20)14-4-3-5-16(11-14)23-2/h3-12H,1-2H3,(H,21,22)/b8-6+,9-7+. The summed E-state index contributed by atoms with van der Waals surface area (Å²) in [5.41, 5.74) is 2.09. The van der Waals surface area contributed by atoms with Crippen LogP contribution in [0.3, 0.4) is 0 Å². The van der Waals surface area contributed by atoms with Crippen LogP contribution in [0.5, 0.6) is 5.75 Å². The zero-order valence-electron chi connectivity index (χ0n) is 12.9. The van der Waals surface area contributed by atoms with Crippen molar-refractivity contribution in [3.63, 3.8) is 0 Å². The first-order valence-corrected chi connectivity index (χ1v) is 6.93. The van der Waals surface area contributed by atoms with Gasteiger partial charge in [-0.2, -0.15) is 0 Å². The van der Waals surface area contributed by atoms with Crippen LogP contribution < -0.4 is 4.74 Å². The molecule has 0 amide bonds. The Morgan fingerprint density at radius 3 is 2.65 bits per heavy atom. The van der Waals surface area contributed by atoms with Gasteiger partial charge in [0.25, 0.3) is 0 Å². The Hall–Kier alpha value is -3.08. The van der Waals surface area contributed by atoms with Gasteiger partial charge in [-0.05, 0) is 42.0 Å². The first kappa shape index (κ1) is 16.3. The fourth-order valence-corrected chi connectivity index (χ4v) is 2.07. The number of aliphatic carboxylic acids is 1. The molecule has 0 saturated heterocycles. The van der Waals surface area contributed by atoms with Gasteiger partial charge >= 0.3 is 5.97 Å². The molecule has 0 atom stereocenters. The van der Waals surface area contributed by atoms with Crippen LogP contribution >= 0.6 is 0 Å². The molecule has 1 aromatic carbocycles. The van der Waals surface area contributed by atoms with Crippen LogP contribution in [0.15, 0.2) is 48.7 Å². The molecule has 1 N–H and O–H groups in total. The molecule has 0 aliphatic carbocycles. The maximum Gasteiger partial charge on any atom is 0.328 e. The summed E-state index contributed by atoms with van der Waals surface area (Å²) in [7, 11) is 3.36. The van der Waals surface area contributed by atoms with E-state index in [1.54, 1.807) is 48.1 Å². The molecule has 2 aromatic rings. The van der Waals surface area contributed by atoms with Gasteiger partial charge in [0.05, 0.1) is 7.11 Å². The number of carboxylic acids is 1. The Morgan fingerprint density at radius 2 is 1.96 bits per heavy atom. The monoisotopic (exact) mass is 311 g/mol. The molecule has 23 heavy (non-hydrogen) atoms. The highest BCUT2D eigenvalue weighted by Crippen LogP contribution is 2.15. The second-order valence-electron chi connectivity index (χ2n) is 4.91. The number of aryl methyl sites for hydroxylation is 1. The number of aromatic nitrogens is 1. The van der Waals surface area contributed by atoms with E-state index in [0.717, 1.165) is 17.3 Å². The minimum Gasteiger partial charge on any atom is -0.497 e. The van der Waals surface area contributed by atoms with Crippen molar-refractivity contribution in [2.45, 2.75) is 0 Å². The Balaban J connectivity index is 2.15. The summed E-state index contributed by atoms with van der Waals surface area (Å²) in [5, 5.41) is 8.65. The minimum atomic E-state index is -1.00. The summed E-state index contributed by atoms with van der Waals surface area (Å²) in [6.45, 7) is 0. The van der Waals surface area contributed by atoms with E-state index in [9.17, 15) is 9.59 Å². The normalized spacial score (nSPS) is 11.2. The van der Waals surface area contributed by atoms with E-state index in [0.29, 0.717) is 11.3 Å². The van der Waals surface area contributed by atoms with E-state index in [-0.39, 0.29) is 5.78 Å². The molecular formula is C18H17NO4. The summed E-state index contributed by atoms with van der Waals surface area (Å²) in [6, 6.07) is 8.74. The van der Waals surface area contributed by atoms with Crippen LogP contribution in [0.4, 0.5) is 0 Å². The van der Waals surface area contributed by atoms with Gasteiger partial charge in [0.1, 0.15) is 5.75 Å². The van der Waals surface area contributed by atoms with Crippen molar-refractivity contribution in [1.29, 1.82) is 0 Å². The zero-order valence-corrected chi connectivity index (χ0v) is 12.9. The molecule has 5 heteroatoms. The van der Waals surface area contributed by atoms with Gasteiger partial charge in [-0.15, -0.1) is 0 Å². The van der Waals surface area contributed by atoms with Gasteiger partial charge < -0.3 is 14.4 Å². The highest BCUT2D eigenvalue weighted by Gasteiger charge is 2.04. The number of carbonyl (C=O) groups is 2. The number of carboxylic acid groups (broad SMARTS) is 1. The van der Waals surface area contributed by atoms with E-state index in [2.05, 4.69) is 0 Å². The average Bonchev–Trinajstić information content (AvgIpc) is 2.90. The zero-order chi connectivity index (χ0) is 16.8. The lowest BCUT2D eigenvalue weighted by atomic mass is 10.1. The highest BCUT2D eigenvalue weighted by molar-refractivity contribution is 6.07. The smallest absolute Gasteiger partial charge is 0.328 e. The highest BCUT2D eigenvalue weighted by atomic mass is 16.5. The molecular weight excluding hydrogens is 294 g/mol. The largest absolute Gasteiger partial charge is 0.497 e. The Bertz CT molecular complexity index is 784. The van der Waals surface area contributed by atoms with Crippen LogP contribution in [0.25, 0.3) is 12.2 Å². The van der Waals surface area contributed by atoms with Gasteiger partial charge in [0.2, 0.25) is 0 Å². The predicted molar refractivity (Wildman–Crippen MR) is 88.4 cm³/mol.